The van der Waals surface area contributed by atoms with Crippen molar-refractivity contribution < 1.29 is 10.2 Å². The van der Waals surface area contributed by atoms with Crippen LogP contribution in [0, 0.1) is 0 Å². The Morgan fingerprint density at radius 2 is 0.895 bits per heavy atom. The minimum absolute atomic E-state index is 0. The monoisotopic (exact) mass is 242 g/mol. The van der Waals surface area contributed by atoms with Crippen molar-refractivity contribution in [1.82, 2.24) is 0 Å². The molecule has 2 rings (SSSR count). The molecule has 0 amide bonds. The van der Waals surface area contributed by atoms with E-state index in [1.54, 1.807) is 24.3 Å². The molecule has 0 saturated heterocycles. The van der Waals surface area contributed by atoms with E-state index in [0.29, 0.717) is 0 Å². The summed E-state index contributed by atoms with van der Waals surface area (Å²) in [5.74, 6) is 0.547. The Kier molecular flexibility index (Phi) is 6.85. The van der Waals surface area contributed by atoms with Crippen LogP contribution in [0.4, 0.5) is 0 Å². The maximum atomic E-state index is 9.30. The predicted molar refractivity (Wildman–Crippen MR) is 79.8 cm³/mol. The summed E-state index contributed by atoms with van der Waals surface area (Å²) < 4.78 is 0. The zero-order valence-corrected chi connectivity index (χ0v) is 12.0. The first kappa shape index (κ1) is 18.2. The normalized spacial score (nSPS) is 10.2. The van der Waals surface area contributed by atoms with Gasteiger partial charge in [0.2, 0.25) is 0 Å². The Bertz CT molecular complexity index is 457. The van der Waals surface area contributed by atoms with Gasteiger partial charge in [-0.15, -0.1) is 0 Å². The third kappa shape index (κ3) is 4.10. The second-order valence-corrected chi connectivity index (χ2v) is 4.72. The molecule has 0 unspecified atom stereocenters. The molecule has 2 aromatic rings. The summed E-state index contributed by atoms with van der Waals surface area (Å²) >= 11 is 0. The summed E-state index contributed by atoms with van der Waals surface area (Å²) in [6, 6.07) is 14.4. The smallest absolute Gasteiger partial charge is 0.115 e. The molecule has 0 aliphatic heterocycles. The topological polar surface area (TPSA) is 40.5 Å². The van der Waals surface area contributed by atoms with E-state index >= 15 is 0 Å². The van der Waals surface area contributed by atoms with Crippen LogP contribution < -0.4 is 0 Å². The van der Waals surface area contributed by atoms with E-state index in [-0.39, 0.29) is 54.6 Å². The van der Waals surface area contributed by atoms with Gasteiger partial charge in [-0.25, -0.2) is 0 Å². The summed E-state index contributed by atoms with van der Waals surface area (Å²) in [4.78, 5) is 0. The Labute approximate surface area is 138 Å². The minimum atomic E-state index is -0.151. The summed E-state index contributed by atoms with van der Waals surface area (Å²) in [6.07, 6.45) is 0. The van der Waals surface area contributed by atoms with E-state index in [9.17, 15) is 10.2 Å². The molecule has 0 saturated carbocycles. The van der Waals surface area contributed by atoms with Crippen LogP contribution in [0.25, 0.3) is 0 Å². The first-order chi connectivity index (χ1) is 8.00. The first-order valence-electron chi connectivity index (χ1n) is 5.59. The summed E-state index contributed by atoms with van der Waals surface area (Å²) in [5.41, 5.74) is 2.10. The molecule has 0 aliphatic carbocycles. The van der Waals surface area contributed by atoms with Crippen LogP contribution in [0.3, 0.4) is 0 Å². The number of phenols is 2. The number of hydrogen-bond donors (Lipinski definition) is 2. The van der Waals surface area contributed by atoms with Gasteiger partial charge in [0.15, 0.2) is 0 Å². The molecular formula is C15H16Li2O2. The van der Waals surface area contributed by atoms with Gasteiger partial charge in [-0.1, -0.05) is 38.1 Å². The molecule has 0 aliphatic rings. The standard InChI is InChI=1S/C15H16O2.2Li/c1-15(2,11-3-7-13(16)8-4-11)12-5-9-14(17)10-6-12;;/h3-10,16-17H,1-2H3;;. The van der Waals surface area contributed by atoms with E-state index in [0.717, 1.165) is 11.1 Å². The van der Waals surface area contributed by atoms with Gasteiger partial charge in [0, 0.05) is 43.1 Å². The maximum absolute atomic E-state index is 9.30. The van der Waals surface area contributed by atoms with Crippen molar-refractivity contribution in [2.45, 2.75) is 19.3 Å². The molecule has 0 bridgehead atoms. The fraction of sp³-hybridized carbons (Fsp3) is 0.200. The van der Waals surface area contributed by atoms with Gasteiger partial charge in [-0.2, -0.15) is 0 Å². The van der Waals surface area contributed by atoms with Crippen molar-refractivity contribution in [3.05, 3.63) is 59.7 Å². The molecule has 2 aromatic carbocycles. The molecule has 2 nitrogen and oxygen atoms in total. The van der Waals surface area contributed by atoms with Crippen molar-refractivity contribution in [2.75, 3.05) is 0 Å². The zero-order chi connectivity index (χ0) is 12.5. The molecule has 2 N–H and O–H groups in total. The van der Waals surface area contributed by atoms with Gasteiger partial charge in [0.05, 0.1) is 0 Å². The fourth-order valence-corrected chi connectivity index (χ4v) is 1.92. The van der Waals surface area contributed by atoms with Crippen LogP contribution in [0.15, 0.2) is 48.5 Å². The molecule has 90 valence electrons. The fourth-order valence-electron chi connectivity index (χ4n) is 1.92. The number of aromatic hydroxyl groups is 2. The zero-order valence-electron chi connectivity index (χ0n) is 12.0. The second-order valence-electron chi connectivity index (χ2n) is 4.72. The Balaban J connectivity index is 0.00000162. The Morgan fingerprint density at radius 1 is 0.632 bits per heavy atom. The SMILES string of the molecule is CC(C)(c1ccc(O)cc1)c1ccc(O)cc1.[Li].[Li]. The van der Waals surface area contributed by atoms with Crippen LogP contribution in [0.1, 0.15) is 25.0 Å². The number of hydrogen-bond acceptors (Lipinski definition) is 2. The molecule has 4 heteroatoms. The van der Waals surface area contributed by atoms with E-state index in [4.69, 9.17) is 0 Å². The molecule has 0 atom stereocenters. The Morgan fingerprint density at radius 3 is 1.16 bits per heavy atom. The van der Waals surface area contributed by atoms with Gasteiger partial charge in [0.1, 0.15) is 11.5 Å². The third-order valence-electron chi connectivity index (χ3n) is 3.18. The minimum Gasteiger partial charge on any atom is -0.508 e. The van der Waals surface area contributed by atoms with E-state index < -0.39 is 0 Å². The van der Waals surface area contributed by atoms with Crippen molar-refractivity contribution in [3.63, 3.8) is 0 Å². The summed E-state index contributed by atoms with van der Waals surface area (Å²) in [5, 5.41) is 18.6. The number of phenolic OH excluding ortho intramolecular Hbond substituents is 2. The molecule has 19 heavy (non-hydrogen) atoms. The van der Waals surface area contributed by atoms with E-state index in [2.05, 4.69) is 13.8 Å². The average Bonchev–Trinajstić information content (AvgIpc) is 2.30. The molecular weight excluding hydrogens is 226 g/mol. The summed E-state index contributed by atoms with van der Waals surface area (Å²) in [7, 11) is 0. The molecule has 2 radical (unpaired) electrons. The molecule has 0 fully saturated rings. The van der Waals surface area contributed by atoms with Crippen molar-refractivity contribution >= 4 is 37.7 Å². The predicted octanol–water partition coefficient (Wildman–Crippen LogP) is 2.66. The van der Waals surface area contributed by atoms with E-state index in [1.165, 1.54) is 0 Å². The van der Waals surface area contributed by atoms with E-state index in [1.807, 2.05) is 24.3 Å². The van der Waals surface area contributed by atoms with Crippen molar-refractivity contribution in [1.29, 1.82) is 0 Å². The number of rotatable bonds is 2. The maximum Gasteiger partial charge on any atom is 0.115 e. The second kappa shape index (κ2) is 7.13. The Hall–Kier alpha value is -0.765. The van der Waals surface area contributed by atoms with Crippen LogP contribution >= 0.6 is 0 Å². The average molecular weight is 242 g/mol. The molecule has 0 spiro atoms. The van der Waals surface area contributed by atoms with Crippen molar-refractivity contribution in [3.8, 4) is 11.5 Å². The van der Waals surface area contributed by atoms with Crippen LogP contribution in [0.5, 0.6) is 11.5 Å². The van der Waals surface area contributed by atoms with Crippen LogP contribution in [-0.2, 0) is 5.41 Å². The van der Waals surface area contributed by atoms with Crippen LogP contribution in [-0.4, -0.2) is 47.9 Å². The van der Waals surface area contributed by atoms with Gasteiger partial charge < -0.3 is 10.2 Å². The largest absolute Gasteiger partial charge is 0.508 e. The first-order valence-corrected chi connectivity index (χ1v) is 5.59. The van der Waals surface area contributed by atoms with Crippen LogP contribution in [0.2, 0.25) is 0 Å². The van der Waals surface area contributed by atoms with Gasteiger partial charge in [-0.05, 0) is 35.4 Å². The molecule has 0 aromatic heterocycles. The van der Waals surface area contributed by atoms with Gasteiger partial charge >= 0.3 is 0 Å². The summed E-state index contributed by atoms with van der Waals surface area (Å²) in [6.45, 7) is 4.23. The van der Waals surface area contributed by atoms with Crippen molar-refractivity contribution in [2.24, 2.45) is 0 Å². The van der Waals surface area contributed by atoms with Gasteiger partial charge in [0.25, 0.3) is 0 Å². The number of benzene rings is 2. The van der Waals surface area contributed by atoms with Gasteiger partial charge in [-0.3, -0.25) is 0 Å². The quantitative estimate of drug-likeness (QED) is 0.795. The molecule has 0 heterocycles. The third-order valence-corrected chi connectivity index (χ3v) is 3.18.